The summed E-state index contributed by atoms with van der Waals surface area (Å²) in [7, 11) is 1.75. The number of nitrogens with one attached hydrogen (secondary N) is 2. The van der Waals surface area contributed by atoms with E-state index < -0.39 is 0 Å². The first-order chi connectivity index (χ1) is 8.20. The molecule has 2 heterocycles. The van der Waals surface area contributed by atoms with Crippen molar-refractivity contribution < 1.29 is 4.79 Å². The number of carbonyl (C=O) groups excluding carboxylic acids is 1. The van der Waals surface area contributed by atoms with Crippen molar-refractivity contribution >= 4 is 28.3 Å². The van der Waals surface area contributed by atoms with Gasteiger partial charge >= 0.3 is 0 Å². The van der Waals surface area contributed by atoms with Crippen LogP contribution in [0.1, 0.15) is 16.1 Å². The number of anilines is 2. The lowest BCUT2D eigenvalue weighted by Gasteiger charge is -2.08. The monoisotopic (exact) mass is 250 g/mol. The van der Waals surface area contributed by atoms with E-state index in [1.165, 1.54) is 6.20 Å². The molecule has 0 aliphatic heterocycles. The summed E-state index contributed by atoms with van der Waals surface area (Å²) < 4.78 is 3.56. The van der Waals surface area contributed by atoms with Gasteiger partial charge in [0, 0.05) is 30.5 Å². The Bertz CT molecular complexity index is 526. The average Bonchev–Trinajstić information content (AvgIpc) is 2.81. The molecule has 2 N–H and O–H groups in total. The molecule has 17 heavy (non-hydrogen) atoms. The SMILES string of the molecule is CNc1cc(C)ncc1C(=O)Nc1nnns1. The molecule has 2 rings (SSSR count). The Morgan fingerprint density at radius 2 is 2.29 bits per heavy atom. The van der Waals surface area contributed by atoms with Gasteiger partial charge < -0.3 is 5.32 Å². The molecular weight excluding hydrogens is 240 g/mol. The Hall–Kier alpha value is -2.09. The Balaban J connectivity index is 2.24. The van der Waals surface area contributed by atoms with E-state index in [9.17, 15) is 4.79 Å². The number of aryl methyl sites for hydroxylation is 1. The van der Waals surface area contributed by atoms with Crippen LogP contribution in [0.15, 0.2) is 12.3 Å². The van der Waals surface area contributed by atoms with Crippen molar-refractivity contribution in [3.63, 3.8) is 0 Å². The first kappa shape index (κ1) is 11.4. The predicted molar refractivity (Wildman–Crippen MR) is 64.2 cm³/mol. The van der Waals surface area contributed by atoms with Crippen molar-refractivity contribution in [2.75, 3.05) is 17.7 Å². The van der Waals surface area contributed by atoms with Gasteiger partial charge in [-0.25, -0.2) is 0 Å². The van der Waals surface area contributed by atoms with Gasteiger partial charge in [-0.15, -0.1) is 0 Å². The fraction of sp³-hybridized carbons (Fsp3) is 0.222. The summed E-state index contributed by atoms with van der Waals surface area (Å²) in [5, 5.41) is 12.9. The Morgan fingerprint density at radius 1 is 1.47 bits per heavy atom. The fourth-order valence-corrected chi connectivity index (χ4v) is 1.66. The molecule has 2 aromatic heterocycles. The van der Waals surface area contributed by atoms with Gasteiger partial charge in [0.05, 0.1) is 11.3 Å². The van der Waals surface area contributed by atoms with Gasteiger partial charge in [-0.05, 0) is 18.2 Å². The van der Waals surface area contributed by atoms with Gasteiger partial charge in [0.25, 0.3) is 5.91 Å². The number of hydrogen-bond acceptors (Lipinski definition) is 7. The highest BCUT2D eigenvalue weighted by Gasteiger charge is 2.13. The van der Waals surface area contributed by atoms with Crippen molar-refractivity contribution in [3.05, 3.63) is 23.5 Å². The van der Waals surface area contributed by atoms with Crippen LogP contribution in [0.3, 0.4) is 0 Å². The van der Waals surface area contributed by atoms with Crippen molar-refractivity contribution in [1.82, 2.24) is 19.8 Å². The Labute approximate surface area is 101 Å². The highest BCUT2D eigenvalue weighted by molar-refractivity contribution is 7.09. The van der Waals surface area contributed by atoms with Crippen LogP contribution < -0.4 is 10.6 Å². The zero-order chi connectivity index (χ0) is 12.3. The highest BCUT2D eigenvalue weighted by atomic mass is 32.1. The first-order valence-electron chi connectivity index (χ1n) is 4.81. The minimum atomic E-state index is -0.291. The molecule has 0 aliphatic carbocycles. The molecule has 0 spiro atoms. The molecule has 8 heteroatoms. The second-order valence-corrected chi connectivity index (χ2v) is 3.98. The Kier molecular flexibility index (Phi) is 3.24. The summed E-state index contributed by atoms with van der Waals surface area (Å²) in [6.45, 7) is 1.86. The number of carbonyl (C=O) groups is 1. The van der Waals surface area contributed by atoms with Gasteiger partial charge in [0.2, 0.25) is 5.13 Å². The molecule has 0 bridgehead atoms. The van der Waals surface area contributed by atoms with Crippen LogP contribution in [0.4, 0.5) is 10.8 Å². The van der Waals surface area contributed by atoms with Gasteiger partial charge in [-0.3, -0.25) is 15.1 Å². The lowest BCUT2D eigenvalue weighted by Crippen LogP contribution is -2.14. The molecule has 7 nitrogen and oxygen atoms in total. The zero-order valence-corrected chi connectivity index (χ0v) is 10.1. The molecule has 0 aliphatic rings. The smallest absolute Gasteiger partial charge is 0.261 e. The quantitative estimate of drug-likeness (QED) is 0.841. The number of nitrogens with zero attached hydrogens (tertiary/aromatic N) is 4. The van der Waals surface area contributed by atoms with Gasteiger partial charge in [0.15, 0.2) is 0 Å². The van der Waals surface area contributed by atoms with E-state index in [0.29, 0.717) is 16.4 Å². The topological polar surface area (TPSA) is 92.7 Å². The lowest BCUT2D eigenvalue weighted by molar-refractivity contribution is 0.102. The standard InChI is InChI=1S/C9H10N6OS/c1-5-3-7(10-2)6(4-11-5)8(16)12-9-13-14-15-17-9/h3-4H,1-2H3,(H,10,11)(H,12,13,15,16). The number of aromatic nitrogens is 4. The van der Waals surface area contributed by atoms with E-state index in [4.69, 9.17) is 0 Å². The van der Waals surface area contributed by atoms with E-state index in [1.54, 1.807) is 13.1 Å². The first-order valence-corrected chi connectivity index (χ1v) is 5.59. The zero-order valence-electron chi connectivity index (χ0n) is 9.26. The van der Waals surface area contributed by atoms with E-state index in [-0.39, 0.29) is 5.91 Å². The molecule has 1 amide bonds. The third kappa shape index (κ3) is 2.53. The van der Waals surface area contributed by atoms with Crippen LogP contribution in [0, 0.1) is 6.92 Å². The Morgan fingerprint density at radius 3 is 2.94 bits per heavy atom. The van der Waals surface area contributed by atoms with Crippen LogP contribution in [-0.2, 0) is 0 Å². The van der Waals surface area contributed by atoms with E-state index in [0.717, 1.165) is 17.2 Å². The molecule has 0 unspecified atom stereocenters. The third-order valence-electron chi connectivity index (χ3n) is 2.07. The largest absolute Gasteiger partial charge is 0.387 e. The number of amides is 1. The molecule has 0 saturated carbocycles. The van der Waals surface area contributed by atoms with Crippen molar-refractivity contribution in [2.45, 2.75) is 6.92 Å². The van der Waals surface area contributed by atoms with Crippen LogP contribution in [0.5, 0.6) is 0 Å². The van der Waals surface area contributed by atoms with Crippen molar-refractivity contribution in [2.24, 2.45) is 0 Å². The molecule has 88 valence electrons. The summed E-state index contributed by atoms with van der Waals surface area (Å²) in [4.78, 5) is 16.0. The van der Waals surface area contributed by atoms with E-state index in [2.05, 4.69) is 30.4 Å². The summed E-state index contributed by atoms with van der Waals surface area (Å²) in [6.07, 6.45) is 1.52. The van der Waals surface area contributed by atoms with Crippen LogP contribution in [0.2, 0.25) is 0 Å². The number of pyridine rings is 1. The third-order valence-corrected chi connectivity index (χ3v) is 2.59. The second kappa shape index (κ2) is 4.83. The molecule has 0 aromatic carbocycles. The fourth-order valence-electron chi connectivity index (χ4n) is 1.29. The summed E-state index contributed by atoms with van der Waals surface area (Å²) in [6, 6.07) is 1.80. The normalized spacial score (nSPS) is 10.0. The maximum Gasteiger partial charge on any atom is 0.261 e. The maximum absolute atomic E-state index is 11.9. The molecule has 0 saturated heterocycles. The van der Waals surface area contributed by atoms with Crippen LogP contribution >= 0.6 is 11.5 Å². The molecule has 0 atom stereocenters. The van der Waals surface area contributed by atoms with Gasteiger partial charge in [-0.1, -0.05) is 9.59 Å². The van der Waals surface area contributed by atoms with E-state index in [1.807, 2.05) is 6.92 Å². The average molecular weight is 250 g/mol. The second-order valence-electron chi connectivity index (χ2n) is 3.24. The van der Waals surface area contributed by atoms with Crippen LogP contribution in [-0.4, -0.2) is 32.7 Å². The number of rotatable bonds is 3. The molecule has 2 aromatic rings. The maximum atomic E-state index is 11.9. The van der Waals surface area contributed by atoms with E-state index >= 15 is 0 Å². The van der Waals surface area contributed by atoms with Gasteiger partial charge in [-0.2, -0.15) is 0 Å². The molecular formula is C9H10N6OS. The van der Waals surface area contributed by atoms with Gasteiger partial charge in [0.1, 0.15) is 0 Å². The molecule has 0 radical (unpaired) electrons. The summed E-state index contributed by atoms with van der Waals surface area (Å²) in [5.74, 6) is -0.291. The summed E-state index contributed by atoms with van der Waals surface area (Å²) >= 11 is 1.02. The minimum Gasteiger partial charge on any atom is -0.387 e. The van der Waals surface area contributed by atoms with Crippen molar-refractivity contribution in [1.29, 1.82) is 0 Å². The molecule has 0 fully saturated rings. The van der Waals surface area contributed by atoms with Crippen LogP contribution in [0.25, 0.3) is 0 Å². The minimum absolute atomic E-state index is 0.291. The van der Waals surface area contributed by atoms with Crippen molar-refractivity contribution in [3.8, 4) is 0 Å². The highest BCUT2D eigenvalue weighted by Crippen LogP contribution is 2.17. The number of hydrogen-bond donors (Lipinski definition) is 2. The predicted octanol–water partition coefficient (Wildman–Crippen LogP) is 0.931. The summed E-state index contributed by atoms with van der Waals surface area (Å²) in [5.41, 5.74) is 2.00. The lowest BCUT2D eigenvalue weighted by atomic mass is 10.2.